The average Bonchev–Trinajstić information content (AvgIpc) is 2.90. The van der Waals surface area contributed by atoms with Gasteiger partial charge in [-0.05, 0) is 25.0 Å². The van der Waals surface area contributed by atoms with Crippen LogP contribution in [0.25, 0.3) is 0 Å². The molecule has 0 spiro atoms. The van der Waals surface area contributed by atoms with Crippen LogP contribution in [-0.2, 0) is 24.0 Å². The molecule has 1 aromatic rings. The summed E-state index contributed by atoms with van der Waals surface area (Å²) in [5.74, 6) is -4.09. The smallest absolute Gasteiger partial charge is 0.305 e. The summed E-state index contributed by atoms with van der Waals surface area (Å²) < 4.78 is 0. The Morgan fingerprint density at radius 2 is 1.88 bits per heavy atom. The van der Waals surface area contributed by atoms with Crippen LogP contribution in [0.15, 0.2) is 30.5 Å². The lowest BCUT2D eigenvalue weighted by molar-refractivity contribution is -0.166. The molecule has 11 nitrogen and oxygen atoms in total. The largest absolute Gasteiger partial charge is 0.481 e. The number of carboxylic acid groups (broad SMARTS) is 1. The summed E-state index contributed by atoms with van der Waals surface area (Å²) in [6, 6.07) is 0.711. The van der Waals surface area contributed by atoms with E-state index in [1.165, 1.54) is 24.4 Å². The van der Waals surface area contributed by atoms with Crippen LogP contribution < -0.4 is 10.6 Å². The van der Waals surface area contributed by atoms with Crippen molar-refractivity contribution in [2.24, 2.45) is 0 Å². The first kappa shape index (κ1) is 25.2. The number of rotatable bonds is 7. The third-order valence-electron chi connectivity index (χ3n) is 5.24. The number of amides is 4. The molecule has 1 saturated heterocycles. The molecule has 34 heavy (non-hydrogen) atoms. The van der Waals surface area contributed by atoms with Crippen LogP contribution in [0, 0.1) is 0 Å². The molecule has 0 saturated carbocycles. The first-order valence-corrected chi connectivity index (χ1v) is 10.9. The fourth-order valence-corrected chi connectivity index (χ4v) is 4.21. The SMILES string of the molecule is O=C[C@H](CC(=O)O)NC(=O)[C@@H]1CC=CN2C(=O)CC[C@H](NC(=O)c3c(Cl)cccc3Cl)C(=O)N12. The predicted molar refractivity (Wildman–Crippen MR) is 118 cm³/mol. The van der Waals surface area contributed by atoms with Crippen LogP contribution in [-0.4, -0.2) is 69.1 Å². The van der Waals surface area contributed by atoms with Crippen molar-refractivity contribution in [3.8, 4) is 0 Å². The highest BCUT2D eigenvalue weighted by atomic mass is 35.5. The Morgan fingerprint density at radius 1 is 1.21 bits per heavy atom. The summed E-state index contributed by atoms with van der Waals surface area (Å²) in [4.78, 5) is 73.8. The second-order valence-corrected chi connectivity index (χ2v) is 8.38. The van der Waals surface area contributed by atoms with Crippen molar-refractivity contribution in [3.05, 3.63) is 46.1 Å². The minimum atomic E-state index is -1.32. The summed E-state index contributed by atoms with van der Waals surface area (Å²) in [6.07, 6.45) is 2.31. The summed E-state index contributed by atoms with van der Waals surface area (Å²) in [5, 5.41) is 15.7. The maximum absolute atomic E-state index is 13.4. The minimum absolute atomic E-state index is 0.00297. The molecule has 3 rings (SSSR count). The van der Waals surface area contributed by atoms with E-state index < -0.39 is 54.1 Å². The maximum Gasteiger partial charge on any atom is 0.305 e. The average molecular weight is 511 g/mol. The van der Waals surface area contributed by atoms with E-state index in [4.69, 9.17) is 28.3 Å². The molecule has 180 valence electrons. The van der Waals surface area contributed by atoms with Crippen LogP contribution in [0.2, 0.25) is 10.0 Å². The minimum Gasteiger partial charge on any atom is -0.481 e. The van der Waals surface area contributed by atoms with Crippen molar-refractivity contribution in [2.75, 3.05) is 0 Å². The lowest BCUT2D eigenvalue weighted by Gasteiger charge is -2.39. The van der Waals surface area contributed by atoms with Gasteiger partial charge in [-0.1, -0.05) is 35.3 Å². The van der Waals surface area contributed by atoms with Gasteiger partial charge in [-0.3, -0.25) is 24.0 Å². The number of nitrogens with zero attached hydrogens (tertiary/aromatic N) is 2. The molecule has 0 unspecified atom stereocenters. The number of nitrogens with one attached hydrogen (secondary N) is 2. The number of carbonyl (C=O) groups is 6. The van der Waals surface area contributed by atoms with E-state index >= 15 is 0 Å². The van der Waals surface area contributed by atoms with E-state index in [2.05, 4.69) is 10.6 Å². The van der Waals surface area contributed by atoms with Gasteiger partial charge in [0.1, 0.15) is 18.4 Å². The van der Waals surface area contributed by atoms with Crippen molar-refractivity contribution in [2.45, 2.75) is 43.8 Å². The second kappa shape index (κ2) is 10.7. The summed E-state index contributed by atoms with van der Waals surface area (Å²) in [6.45, 7) is 0. The molecule has 3 N–H and O–H groups in total. The van der Waals surface area contributed by atoms with Crippen molar-refractivity contribution in [3.63, 3.8) is 0 Å². The lowest BCUT2D eigenvalue weighted by atomic mass is 10.1. The highest BCUT2D eigenvalue weighted by molar-refractivity contribution is 6.39. The Hall–Kier alpha value is -3.44. The molecule has 0 aromatic heterocycles. The molecule has 0 bridgehead atoms. The number of fused-ring (bicyclic) bond motifs is 1. The quantitative estimate of drug-likeness (QED) is 0.460. The maximum atomic E-state index is 13.4. The monoisotopic (exact) mass is 510 g/mol. The van der Waals surface area contributed by atoms with Crippen molar-refractivity contribution < 1.29 is 33.9 Å². The van der Waals surface area contributed by atoms with E-state index in [0.29, 0.717) is 0 Å². The van der Waals surface area contributed by atoms with E-state index in [1.807, 2.05) is 0 Å². The van der Waals surface area contributed by atoms with Gasteiger partial charge in [0.15, 0.2) is 0 Å². The number of halogens is 2. The Labute approximate surface area is 203 Å². The topological polar surface area (TPSA) is 153 Å². The number of aldehydes is 1. The standard InChI is InChI=1S/C21H20Cl2N4O7/c22-12-3-1-4-13(23)18(12)20(33)25-14-6-7-16(29)26-8-2-5-15(27(26)21(14)34)19(32)24-11(10-28)9-17(30)31/h1-4,8,10-11,14-15H,5-7,9H2,(H,24,32)(H,25,33)(H,30,31)/t11-,14-,15-/m0/s1. The zero-order valence-electron chi connectivity index (χ0n) is 17.6. The van der Waals surface area contributed by atoms with Crippen LogP contribution in [0.4, 0.5) is 0 Å². The van der Waals surface area contributed by atoms with E-state index in [9.17, 15) is 28.8 Å². The van der Waals surface area contributed by atoms with Crippen LogP contribution in [0.1, 0.15) is 36.0 Å². The van der Waals surface area contributed by atoms with Gasteiger partial charge in [-0.15, -0.1) is 0 Å². The van der Waals surface area contributed by atoms with Crippen LogP contribution in [0.3, 0.4) is 0 Å². The first-order valence-electron chi connectivity index (χ1n) is 10.2. The van der Waals surface area contributed by atoms with Gasteiger partial charge < -0.3 is 20.5 Å². The van der Waals surface area contributed by atoms with Crippen molar-refractivity contribution >= 4 is 59.1 Å². The summed E-state index contributed by atoms with van der Waals surface area (Å²) in [5.41, 5.74) is -0.0404. The van der Waals surface area contributed by atoms with Crippen molar-refractivity contribution in [1.82, 2.24) is 20.7 Å². The first-order chi connectivity index (χ1) is 16.1. The number of aliphatic carboxylic acids is 1. The molecule has 4 amide bonds. The fourth-order valence-electron chi connectivity index (χ4n) is 3.64. The lowest BCUT2D eigenvalue weighted by Crippen LogP contribution is -2.62. The Kier molecular flexibility index (Phi) is 7.90. The summed E-state index contributed by atoms with van der Waals surface area (Å²) in [7, 11) is 0. The summed E-state index contributed by atoms with van der Waals surface area (Å²) >= 11 is 12.1. The molecule has 0 aliphatic carbocycles. The third kappa shape index (κ3) is 5.37. The number of carboxylic acids is 1. The van der Waals surface area contributed by atoms with Gasteiger partial charge in [0.05, 0.1) is 28.1 Å². The van der Waals surface area contributed by atoms with E-state index in [-0.39, 0.29) is 41.2 Å². The van der Waals surface area contributed by atoms with E-state index in [0.717, 1.165) is 10.0 Å². The molecule has 2 heterocycles. The zero-order valence-corrected chi connectivity index (χ0v) is 19.1. The number of carbonyl (C=O) groups excluding carboxylic acids is 5. The number of hydrazine groups is 1. The molecule has 13 heteroatoms. The van der Waals surface area contributed by atoms with Gasteiger partial charge in [-0.2, -0.15) is 0 Å². The molecule has 1 fully saturated rings. The Bertz CT molecular complexity index is 1060. The third-order valence-corrected chi connectivity index (χ3v) is 5.87. The van der Waals surface area contributed by atoms with E-state index in [1.54, 1.807) is 6.07 Å². The highest BCUT2D eigenvalue weighted by Gasteiger charge is 2.43. The predicted octanol–water partition coefficient (Wildman–Crippen LogP) is 0.902. The number of benzene rings is 1. The zero-order chi connectivity index (χ0) is 25.0. The van der Waals surface area contributed by atoms with Crippen LogP contribution >= 0.6 is 23.2 Å². The Balaban J connectivity index is 1.85. The molecule has 2 aliphatic heterocycles. The van der Waals surface area contributed by atoms with Gasteiger partial charge in [0.2, 0.25) is 11.8 Å². The molecule has 0 radical (unpaired) electrons. The normalized spacial score (nSPS) is 20.8. The molecule has 3 atom stereocenters. The molecule has 1 aromatic carbocycles. The highest BCUT2D eigenvalue weighted by Crippen LogP contribution is 2.26. The molecular formula is C21H20Cl2N4O7. The van der Waals surface area contributed by atoms with Gasteiger partial charge in [0.25, 0.3) is 11.8 Å². The number of hydrogen-bond acceptors (Lipinski definition) is 6. The molecule has 2 aliphatic rings. The second-order valence-electron chi connectivity index (χ2n) is 7.57. The Morgan fingerprint density at radius 3 is 2.50 bits per heavy atom. The molecular weight excluding hydrogens is 491 g/mol. The number of hydrogen-bond donors (Lipinski definition) is 3. The fraction of sp³-hybridized carbons (Fsp3) is 0.333. The van der Waals surface area contributed by atoms with Crippen molar-refractivity contribution in [1.29, 1.82) is 0 Å². The van der Waals surface area contributed by atoms with Gasteiger partial charge in [-0.25, -0.2) is 10.0 Å². The van der Waals surface area contributed by atoms with Crippen LogP contribution in [0.5, 0.6) is 0 Å². The van der Waals surface area contributed by atoms with Gasteiger partial charge >= 0.3 is 5.97 Å². The van der Waals surface area contributed by atoms with Gasteiger partial charge in [0, 0.05) is 12.6 Å².